The van der Waals surface area contributed by atoms with E-state index < -0.39 is 0 Å². The van der Waals surface area contributed by atoms with Crippen molar-refractivity contribution in [3.63, 3.8) is 0 Å². The van der Waals surface area contributed by atoms with Gasteiger partial charge >= 0.3 is 0 Å². The fourth-order valence-electron chi connectivity index (χ4n) is 0. The third-order valence-electron chi connectivity index (χ3n) is 0. The SMILES string of the molecule is [U].[U].[U].[U].[U].[U].[U].[U].[U].[U].[U].[U].[U].[U].[U].[U].[U].[U].[U].[U].[U].[U].[U].[U].[U].[U].[U].[U].[U].[U].[U].[U].[U].[U].[U].[U].[U].[U].[U].[U].[U].[U].[U].[U].[U].[U].[U].[U].[U].[U].[U].[U].[U].[U].[U].[U].[U].[U].[U].[U]. The summed E-state index contributed by atoms with van der Waals surface area (Å²) >= 11 is 0. The largest absolute Gasteiger partial charge is 0 e. The average Bonchev–Trinajstić information content (AvgIpc) is 0. The second-order valence-corrected chi connectivity index (χ2v) is 0. The van der Waals surface area contributed by atoms with Crippen LogP contribution in [0, 0.1) is 1870 Å². The molecule has 0 aliphatic carbocycles. The van der Waals surface area contributed by atoms with Gasteiger partial charge in [0.25, 0.3) is 0 Å². The maximum absolute atomic E-state index is 0. The van der Waals surface area contributed by atoms with Gasteiger partial charge in [-0.3, -0.25) is 0 Å². The maximum Gasteiger partial charge on any atom is 0 e. The first-order chi connectivity index (χ1) is 0. The molecule has 0 bridgehead atoms. The molecule has 0 aliphatic rings. The molecule has 0 aromatic carbocycles. The summed E-state index contributed by atoms with van der Waals surface area (Å²) in [7, 11) is 0. The monoisotopic (exact) mass is 14300 g/mol. The first-order valence-corrected chi connectivity index (χ1v) is 0. The van der Waals surface area contributed by atoms with E-state index in [1.54, 1.807) is 0 Å². The summed E-state index contributed by atoms with van der Waals surface area (Å²) < 4.78 is 0. The molecule has 0 saturated heterocycles. The Morgan fingerprint density at radius 1 is 0.0167 bits per heavy atom. The molecular weight excluding hydrogens is 14300 g/mol. The molecule has 0 spiro atoms. The van der Waals surface area contributed by atoms with Gasteiger partial charge in [-0.05, 0) is 0 Å². The third kappa shape index (κ3) is 439. The van der Waals surface area contributed by atoms with Crippen LogP contribution >= 0.6 is 0 Å². The predicted octanol–water partition coefficient (Wildman–Crippen LogP) is 0. The van der Waals surface area contributed by atoms with Gasteiger partial charge in [-0.25, -0.2) is 0 Å². The zero-order chi connectivity index (χ0) is 0. The minimum atomic E-state index is 0. The van der Waals surface area contributed by atoms with Gasteiger partial charge in [-0.1, -0.05) is 0 Å². The molecule has 0 heterocycles. The zero-order valence-corrected chi connectivity index (χ0v) is 280. The van der Waals surface area contributed by atoms with Crippen LogP contribution in [0.2, 0.25) is 0 Å². The van der Waals surface area contributed by atoms with Crippen molar-refractivity contribution in [1.82, 2.24) is 0 Å². The van der Waals surface area contributed by atoms with E-state index in [0.717, 1.165) is 0 Å². The first-order valence-electron chi connectivity index (χ1n) is 0. The fourth-order valence-corrected chi connectivity index (χ4v) is 0. The molecule has 0 saturated carbocycles. The summed E-state index contributed by atoms with van der Waals surface area (Å²) in [6.45, 7) is 0. The topological polar surface area (TPSA) is 0 Å². The van der Waals surface area contributed by atoms with Crippen LogP contribution in [0.3, 0.4) is 0 Å². The minimum Gasteiger partial charge on any atom is 0 e. The van der Waals surface area contributed by atoms with Crippen LogP contribution in [-0.4, -0.2) is 0 Å². The van der Waals surface area contributed by atoms with Crippen LogP contribution in [0.1, 0.15) is 0 Å². The van der Waals surface area contributed by atoms with Crippen molar-refractivity contribution in [1.29, 1.82) is 0 Å². The van der Waals surface area contributed by atoms with Crippen molar-refractivity contribution < 1.29 is 1870 Å². The minimum absolute atomic E-state index is 0. The summed E-state index contributed by atoms with van der Waals surface area (Å²) in [6.07, 6.45) is 0. The Hall–Kier alpha value is 63.1. The summed E-state index contributed by atoms with van der Waals surface area (Å²) in [4.78, 5) is 0. The van der Waals surface area contributed by atoms with Crippen molar-refractivity contribution in [2.75, 3.05) is 0 Å². The molecule has 0 N–H and O–H groups in total. The molecule has 0 atom stereocenters. The molecule has 0 aromatic heterocycles. The van der Waals surface area contributed by atoms with E-state index in [9.17, 15) is 0 Å². The van der Waals surface area contributed by atoms with Crippen molar-refractivity contribution in [3.05, 3.63) is 0 Å². The fraction of sp³-hybridized carbons (Fsp3) is 0. The van der Waals surface area contributed by atoms with E-state index >= 15 is 0 Å². The van der Waals surface area contributed by atoms with Gasteiger partial charge in [0.15, 0.2) is 0 Å². The van der Waals surface area contributed by atoms with Crippen LogP contribution in [0.4, 0.5) is 0 Å². The average molecular weight is 14300 g/mol. The molecular formula is U60. The van der Waals surface area contributed by atoms with E-state index in [0.29, 0.717) is 0 Å². The molecule has 60 heteroatoms. The number of rotatable bonds is 0. The van der Waals surface area contributed by atoms with E-state index in [2.05, 4.69) is 0 Å². The van der Waals surface area contributed by atoms with Crippen LogP contribution in [0.25, 0.3) is 0 Å². The molecule has 0 nitrogen and oxygen atoms in total. The van der Waals surface area contributed by atoms with E-state index in [4.69, 9.17) is 0 Å². The molecule has 60 heavy (non-hydrogen) atoms. The van der Waals surface area contributed by atoms with Gasteiger partial charge in [0, 0.05) is 1870 Å². The summed E-state index contributed by atoms with van der Waals surface area (Å²) in [5.74, 6) is 0. The van der Waals surface area contributed by atoms with E-state index in [-0.39, 0.29) is 1870 Å². The summed E-state index contributed by atoms with van der Waals surface area (Å²) in [5.41, 5.74) is 0. The number of hydrogen-bond donors (Lipinski definition) is 0. The number of hydrogen-bond acceptors (Lipinski definition) is 0. The molecule has 0 unspecified atom stereocenters. The Morgan fingerprint density at radius 3 is 0.0167 bits per heavy atom. The Kier molecular flexibility index (Phi) is 3450. The third-order valence-corrected chi connectivity index (χ3v) is 0. The van der Waals surface area contributed by atoms with Crippen molar-refractivity contribution in [2.24, 2.45) is 0 Å². The molecule has 0 radical (unpaired) electrons. The van der Waals surface area contributed by atoms with E-state index in [1.165, 1.54) is 0 Å². The Balaban J connectivity index is 0. The molecule has 240 valence electrons. The van der Waals surface area contributed by atoms with Crippen molar-refractivity contribution >= 4 is 0 Å². The van der Waals surface area contributed by atoms with Crippen LogP contribution in [0.15, 0.2) is 0 Å². The molecule has 0 amide bonds. The van der Waals surface area contributed by atoms with Gasteiger partial charge in [-0.15, -0.1) is 0 Å². The van der Waals surface area contributed by atoms with Gasteiger partial charge in [0.1, 0.15) is 0 Å². The molecule has 0 fully saturated rings. The van der Waals surface area contributed by atoms with E-state index in [1.807, 2.05) is 0 Å². The Labute approximate surface area is 1790 Å². The Morgan fingerprint density at radius 2 is 0.0167 bits per heavy atom. The Bertz CT molecular complexity index is 0. The van der Waals surface area contributed by atoms with Crippen LogP contribution in [0.5, 0.6) is 0 Å². The van der Waals surface area contributed by atoms with Crippen LogP contribution in [-0.2, 0) is 0 Å². The normalized spacial score (nSPS) is 0. The van der Waals surface area contributed by atoms with Crippen molar-refractivity contribution in [2.45, 2.75) is 0 Å². The maximum atomic E-state index is 0. The summed E-state index contributed by atoms with van der Waals surface area (Å²) in [6, 6.07) is 0. The molecule has 0 aliphatic heterocycles. The zero-order valence-electron chi connectivity index (χ0n) is 30.0. The standard InChI is InChI=1S/60U. The summed E-state index contributed by atoms with van der Waals surface area (Å²) in [5, 5.41) is 0. The molecule has 0 rings (SSSR count). The van der Waals surface area contributed by atoms with Crippen LogP contribution < -0.4 is 0 Å². The van der Waals surface area contributed by atoms with Gasteiger partial charge in [0.2, 0.25) is 0 Å². The first kappa shape index (κ1) is 461. The van der Waals surface area contributed by atoms with Gasteiger partial charge < -0.3 is 0 Å². The second kappa shape index (κ2) is 450. The predicted molar refractivity (Wildman–Crippen MR) is 0 cm³/mol. The van der Waals surface area contributed by atoms with Gasteiger partial charge in [-0.2, -0.15) is 0 Å². The smallest absolute Gasteiger partial charge is 0 e. The second-order valence-electron chi connectivity index (χ2n) is 0. The van der Waals surface area contributed by atoms with Gasteiger partial charge in [0.05, 0.1) is 0 Å². The van der Waals surface area contributed by atoms with Crippen molar-refractivity contribution in [3.8, 4) is 0 Å². The quantitative estimate of drug-likeness (QED) is 0.321. The molecule has 0 aromatic rings.